The van der Waals surface area contributed by atoms with E-state index in [0.717, 1.165) is 17.7 Å². The quantitative estimate of drug-likeness (QED) is 0.728. The number of nitrogens with zero attached hydrogens (tertiary/aromatic N) is 2. The highest BCUT2D eigenvalue weighted by Gasteiger charge is 2.30. The number of hydrogen-bond donors (Lipinski definition) is 0. The molecule has 1 atom stereocenters. The second-order valence-corrected chi connectivity index (χ2v) is 6.04. The van der Waals surface area contributed by atoms with Gasteiger partial charge in [0, 0.05) is 12.6 Å². The summed E-state index contributed by atoms with van der Waals surface area (Å²) in [6.07, 6.45) is 2.36. The fraction of sp³-hybridized carbons (Fsp3) is 0.263. The first-order valence-corrected chi connectivity index (χ1v) is 8.15. The van der Waals surface area contributed by atoms with Gasteiger partial charge in [-0.3, -0.25) is 4.79 Å². The Balaban J connectivity index is 1.60. The number of benzene rings is 1. The molecule has 1 aliphatic heterocycles. The summed E-state index contributed by atoms with van der Waals surface area (Å²) < 4.78 is 15.8. The molecule has 0 saturated heterocycles. The van der Waals surface area contributed by atoms with Gasteiger partial charge in [-0.2, -0.15) is 0 Å². The molecule has 3 aromatic rings. The van der Waals surface area contributed by atoms with E-state index in [9.17, 15) is 4.79 Å². The van der Waals surface area contributed by atoms with Crippen molar-refractivity contribution in [2.24, 2.45) is 0 Å². The number of methoxy groups -OCH3 is 1. The summed E-state index contributed by atoms with van der Waals surface area (Å²) in [5, 5.41) is 3.92. The van der Waals surface area contributed by atoms with E-state index < -0.39 is 0 Å². The van der Waals surface area contributed by atoms with Crippen LogP contribution in [-0.2, 0) is 6.42 Å². The number of ether oxygens (including phenoxy) is 1. The lowest BCUT2D eigenvalue weighted by Crippen LogP contribution is -2.39. The van der Waals surface area contributed by atoms with Crippen LogP contribution in [0.4, 0.5) is 0 Å². The van der Waals surface area contributed by atoms with E-state index in [1.54, 1.807) is 31.6 Å². The zero-order valence-corrected chi connectivity index (χ0v) is 14.1. The van der Waals surface area contributed by atoms with Crippen molar-refractivity contribution in [1.82, 2.24) is 10.1 Å². The van der Waals surface area contributed by atoms with Crippen molar-refractivity contribution in [3.8, 4) is 17.3 Å². The molecule has 0 bridgehead atoms. The maximum Gasteiger partial charge on any atom is 0.276 e. The van der Waals surface area contributed by atoms with Gasteiger partial charge in [-0.15, -0.1) is 0 Å². The Hall–Kier alpha value is -3.02. The minimum Gasteiger partial charge on any atom is -0.497 e. The maximum absolute atomic E-state index is 12.9. The van der Waals surface area contributed by atoms with Crippen LogP contribution in [0.5, 0.6) is 5.75 Å². The van der Waals surface area contributed by atoms with E-state index in [1.165, 1.54) is 5.56 Å². The second kappa shape index (κ2) is 6.12. The van der Waals surface area contributed by atoms with E-state index >= 15 is 0 Å². The van der Waals surface area contributed by atoms with Crippen LogP contribution in [-0.4, -0.2) is 29.6 Å². The standard InChI is InChI=1S/C19H18N2O4/c1-12-15-10-14(23-2)6-5-13(15)7-8-21(12)19(22)16-11-18(25-20-16)17-4-3-9-24-17/h3-6,9-12H,7-8H2,1-2H3. The minimum absolute atomic E-state index is 0.0601. The van der Waals surface area contributed by atoms with Crippen LogP contribution in [0, 0.1) is 0 Å². The van der Waals surface area contributed by atoms with Gasteiger partial charge < -0.3 is 18.6 Å². The highest BCUT2D eigenvalue weighted by atomic mass is 16.5. The summed E-state index contributed by atoms with van der Waals surface area (Å²) >= 11 is 0. The molecule has 128 valence electrons. The van der Waals surface area contributed by atoms with E-state index in [0.29, 0.717) is 18.1 Å². The molecule has 0 saturated carbocycles. The molecular formula is C19H18N2O4. The summed E-state index contributed by atoms with van der Waals surface area (Å²) in [4.78, 5) is 14.7. The van der Waals surface area contributed by atoms with Crippen LogP contribution < -0.4 is 4.74 Å². The molecule has 0 fully saturated rings. The number of aromatic nitrogens is 1. The molecule has 1 aromatic carbocycles. The van der Waals surface area contributed by atoms with Gasteiger partial charge in [-0.05, 0) is 48.7 Å². The molecule has 6 nitrogen and oxygen atoms in total. The van der Waals surface area contributed by atoms with Gasteiger partial charge in [-0.25, -0.2) is 0 Å². The Labute approximate surface area is 145 Å². The highest BCUT2D eigenvalue weighted by Crippen LogP contribution is 2.33. The Morgan fingerprint density at radius 3 is 2.92 bits per heavy atom. The van der Waals surface area contributed by atoms with Crippen molar-refractivity contribution in [2.75, 3.05) is 13.7 Å². The van der Waals surface area contributed by atoms with Gasteiger partial charge in [0.15, 0.2) is 11.5 Å². The fourth-order valence-corrected chi connectivity index (χ4v) is 3.25. The predicted octanol–water partition coefficient (Wildman–Crippen LogP) is 3.70. The zero-order chi connectivity index (χ0) is 17.4. The molecule has 6 heteroatoms. The van der Waals surface area contributed by atoms with Crippen LogP contribution in [0.1, 0.15) is 34.6 Å². The second-order valence-electron chi connectivity index (χ2n) is 6.04. The summed E-state index contributed by atoms with van der Waals surface area (Å²) in [6.45, 7) is 2.66. The third kappa shape index (κ3) is 2.69. The lowest BCUT2D eigenvalue weighted by atomic mass is 9.93. The van der Waals surface area contributed by atoms with Gasteiger partial charge in [0.2, 0.25) is 5.76 Å². The number of amides is 1. The Morgan fingerprint density at radius 1 is 1.28 bits per heavy atom. The summed E-state index contributed by atoms with van der Waals surface area (Å²) in [6, 6.07) is 11.1. The Bertz CT molecular complexity index is 898. The average Bonchev–Trinajstić information content (AvgIpc) is 3.32. The number of hydrogen-bond acceptors (Lipinski definition) is 5. The van der Waals surface area contributed by atoms with Crippen LogP contribution in [0.2, 0.25) is 0 Å². The van der Waals surface area contributed by atoms with Gasteiger partial charge >= 0.3 is 0 Å². The number of fused-ring (bicyclic) bond motifs is 1. The first-order valence-electron chi connectivity index (χ1n) is 8.15. The van der Waals surface area contributed by atoms with Crippen LogP contribution in [0.15, 0.2) is 51.6 Å². The number of furan rings is 1. The van der Waals surface area contributed by atoms with Gasteiger partial charge in [-0.1, -0.05) is 11.2 Å². The Kier molecular flexibility index (Phi) is 3.80. The number of rotatable bonds is 3. The summed E-state index contributed by atoms with van der Waals surface area (Å²) in [7, 11) is 1.64. The zero-order valence-electron chi connectivity index (χ0n) is 14.1. The topological polar surface area (TPSA) is 68.7 Å². The third-order valence-electron chi connectivity index (χ3n) is 4.65. The van der Waals surface area contributed by atoms with Crippen molar-refractivity contribution >= 4 is 5.91 Å². The smallest absolute Gasteiger partial charge is 0.276 e. The first-order chi connectivity index (χ1) is 12.2. The van der Waals surface area contributed by atoms with E-state index in [-0.39, 0.29) is 17.6 Å². The molecule has 2 aromatic heterocycles. The predicted molar refractivity (Wildman–Crippen MR) is 90.4 cm³/mol. The van der Waals surface area contributed by atoms with Crippen molar-refractivity contribution < 1.29 is 18.5 Å². The minimum atomic E-state index is -0.150. The van der Waals surface area contributed by atoms with E-state index in [2.05, 4.69) is 11.2 Å². The molecule has 0 spiro atoms. The molecule has 0 aliphatic carbocycles. The van der Waals surface area contributed by atoms with Gasteiger partial charge in [0.25, 0.3) is 5.91 Å². The lowest BCUT2D eigenvalue weighted by molar-refractivity contribution is 0.0666. The average molecular weight is 338 g/mol. The molecule has 4 rings (SSSR count). The molecular weight excluding hydrogens is 320 g/mol. The Morgan fingerprint density at radius 2 is 2.16 bits per heavy atom. The monoisotopic (exact) mass is 338 g/mol. The van der Waals surface area contributed by atoms with Crippen molar-refractivity contribution in [1.29, 1.82) is 0 Å². The van der Waals surface area contributed by atoms with Crippen molar-refractivity contribution in [2.45, 2.75) is 19.4 Å². The normalized spacial score (nSPS) is 16.6. The maximum atomic E-state index is 12.9. The van der Waals surface area contributed by atoms with E-state index in [1.807, 2.05) is 24.0 Å². The van der Waals surface area contributed by atoms with Crippen LogP contribution >= 0.6 is 0 Å². The summed E-state index contributed by atoms with van der Waals surface area (Å²) in [5.74, 6) is 1.64. The SMILES string of the molecule is COc1ccc2c(c1)C(C)N(C(=O)c1cc(-c3ccco3)on1)CC2. The van der Waals surface area contributed by atoms with Crippen molar-refractivity contribution in [3.63, 3.8) is 0 Å². The fourth-order valence-electron chi connectivity index (χ4n) is 3.25. The first kappa shape index (κ1) is 15.5. The molecule has 25 heavy (non-hydrogen) atoms. The van der Waals surface area contributed by atoms with Crippen LogP contribution in [0.25, 0.3) is 11.5 Å². The number of carbonyl (C=O) groups is 1. The molecule has 1 amide bonds. The highest BCUT2D eigenvalue weighted by molar-refractivity contribution is 5.93. The molecule has 0 N–H and O–H groups in total. The summed E-state index contributed by atoms with van der Waals surface area (Å²) in [5.41, 5.74) is 2.63. The third-order valence-corrected chi connectivity index (χ3v) is 4.65. The lowest BCUT2D eigenvalue weighted by Gasteiger charge is -2.35. The largest absolute Gasteiger partial charge is 0.497 e. The van der Waals surface area contributed by atoms with Gasteiger partial charge in [0.1, 0.15) is 5.75 Å². The van der Waals surface area contributed by atoms with E-state index in [4.69, 9.17) is 13.7 Å². The van der Waals surface area contributed by atoms with Crippen LogP contribution in [0.3, 0.4) is 0 Å². The molecule has 1 aliphatic rings. The molecule has 1 unspecified atom stereocenters. The number of carbonyl (C=O) groups excluding carboxylic acids is 1. The van der Waals surface area contributed by atoms with Crippen molar-refractivity contribution in [3.05, 3.63) is 59.5 Å². The molecule has 0 radical (unpaired) electrons. The molecule has 3 heterocycles. The van der Waals surface area contributed by atoms with Gasteiger partial charge in [0.05, 0.1) is 19.4 Å².